The standard InChI is InChI=1S/C20H17ClFNO3/c21-15-3-6-17-13(11-15)12-18(23-17)19(24)7-8-20(25-9-10-26-20)14-1-4-16(22)5-2-14/h1-6,11-12,23H,7-10H2. The van der Waals surface area contributed by atoms with Gasteiger partial charge in [0.25, 0.3) is 0 Å². The van der Waals surface area contributed by atoms with Crippen molar-refractivity contribution < 1.29 is 18.7 Å². The highest BCUT2D eigenvalue weighted by Crippen LogP contribution is 2.36. The summed E-state index contributed by atoms with van der Waals surface area (Å²) in [5, 5.41) is 1.51. The van der Waals surface area contributed by atoms with Crippen LogP contribution in [0, 0.1) is 5.82 Å². The lowest BCUT2D eigenvalue weighted by Gasteiger charge is -2.27. The van der Waals surface area contributed by atoms with Crippen LogP contribution in [0.25, 0.3) is 10.9 Å². The number of Topliss-reactive ketones (excluding diaryl/α,β-unsaturated/α-hetero) is 1. The number of carbonyl (C=O) groups is 1. The van der Waals surface area contributed by atoms with Gasteiger partial charge in [0.1, 0.15) is 5.82 Å². The molecule has 3 aromatic rings. The summed E-state index contributed by atoms with van der Waals surface area (Å²) < 4.78 is 24.8. The molecule has 134 valence electrons. The maximum Gasteiger partial charge on any atom is 0.195 e. The third-order valence-corrected chi connectivity index (χ3v) is 4.84. The first-order valence-corrected chi connectivity index (χ1v) is 8.79. The van der Waals surface area contributed by atoms with Crippen LogP contribution in [0.2, 0.25) is 5.02 Å². The van der Waals surface area contributed by atoms with Crippen molar-refractivity contribution in [2.45, 2.75) is 18.6 Å². The minimum atomic E-state index is -1.00. The fraction of sp³-hybridized carbons (Fsp3) is 0.250. The summed E-state index contributed by atoms with van der Waals surface area (Å²) in [6, 6.07) is 13.2. The number of hydrogen-bond donors (Lipinski definition) is 1. The molecule has 0 bridgehead atoms. The van der Waals surface area contributed by atoms with E-state index in [0.29, 0.717) is 35.9 Å². The van der Waals surface area contributed by atoms with Crippen LogP contribution in [0.3, 0.4) is 0 Å². The van der Waals surface area contributed by atoms with E-state index in [0.717, 1.165) is 10.9 Å². The molecule has 0 unspecified atom stereocenters. The molecule has 26 heavy (non-hydrogen) atoms. The van der Waals surface area contributed by atoms with Gasteiger partial charge in [-0.1, -0.05) is 23.7 Å². The Kier molecular flexibility index (Phi) is 4.53. The zero-order chi connectivity index (χ0) is 18.1. The van der Waals surface area contributed by atoms with Crippen LogP contribution in [-0.4, -0.2) is 24.0 Å². The minimum Gasteiger partial charge on any atom is -0.352 e. The molecule has 1 fully saturated rings. The molecular formula is C20H17ClFNO3. The van der Waals surface area contributed by atoms with Gasteiger partial charge in [-0.15, -0.1) is 0 Å². The molecule has 0 atom stereocenters. The van der Waals surface area contributed by atoms with Gasteiger partial charge in [-0.25, -0.2) is 4.39 Å². The maximum atomic E-state index is 13.2. The Hall–Kier alpha value is -2.21. The summed E-state index contributed by atoms with van der Waals surface area (Å²) in [4.78, 5) is 15.8. The van der Waals surface area contributed by atoms with Crippen molar-refractivity contribution in [3.8, 4) is 0 Å². The SMILES string of the molecule is O=C(CCC1(c2ccc(F)cc2)OCCO1)c1cc2cc(Cl)ccc2[nH]1. The van der Waals surface area contributed by atoms with E-state index < -0.39 is 5.79 Å². The van der Waals surface area contributed by atoms with E-state index in [-0.39, 0.29) is 18.0 Å². The first-order chi connectivity index (χ1) is 12.6. The van der Waals surface area contributed by atoms with Crippen molar-refractivity contribution in [2.75, 3.05) is 13.2 Å². The van der Waals surface area contributed by atoms with Crippen molar-refractivity contribution in [3.63, 3.8) is 0 Å². The summed E-state index contributed by atoms with van der Waals surface area (Å²) in [6.45, 7) is 0.882. The molecule has 0 amide bonds. The largest absolute Gasteiger partial charge is 0.352 e. The van der Waals surface area contributed by atoms with Gasteiger partial charge in [0.2, 0.25) is 0 Å². The first-order valence-electron chi connectivity index (χ1n) is 8.41. The number of ketones is 1. The summed E-state index contributed by atoms with van der Waals surface area (Å²) in [7, 11) is 0. The third kappa shape index (κ3) is 3.26. The highest BCUT2D eigenvalue weighted by molar-refractivity contribution is 6.31. The lowest BCUT2D eigenvalue weighted by molar-refractivity contribution is -0.170. The zero-order valence-corrected chi connectivity index (χ0v) is 14.7. The molecule has 1 aliphatic heterocycles. The molecule has 0 spiro atoms. The Morgan fingerprint density at radius 3 is 2.58 bits per heavy atom. The predicted octanol–water partition coefficient (Wildman–Crippen LogP) is 4.82. The van der Waals surface area contributed by atoms with Gasteiger partial charge in [-0.3, -0.25) is 4.79 Å². The summed E-state index contributed by atoms with van der Waals surface area (Å²) in [6.07, 6.45) is 0.589. The van der Waals surface area contributed by atoms with E-state index in [1.165, 1.54) is 12.1 Å². The average Bonchev–Trinajstić information content (AvgIpc) is 3.27. The molecule has 1 N–H and O–H groups in total. The van der Waals surface area contributed by atoms with E-state index in [4.69, 9.17) is 21.1 Å². The van der Waals surface area contributed by atoms with Crippen molar-refractivity contribution in [3.05, 3.63) is 70.6 Å². The number of benzene rings is 2. The highest BCUT2D eigenvalue weighted by atomic mass is 35.5. The Bertz CT molecular complexity index is 945. The molecule has 6 heteroatoms. The van der Waals surface area contributed by atoms with Gasteiger partial charge >= 0.3 is 0 Å². The van der Waals surface area contributed by atoms with Gasteiger partial charge in [-0.05, 0) is 36.4 Å². The van der Waals surface area contributed by atoms with E-state index in [1.807, 2.05) is 12.1 Å². The number of aromatic amines is 1. The quantitative estimate of drug-likeness (QED) is 0.652. The Labute approximate surface area is 154 Å². The average molecular weight is 374 g/mol. The van der Waals surface area contributed by atoms with Gasteiger partial charge in [0, 0.05) is 34.3 Å². The van der Waals surface area contributed by atoms with E-state index in [9.17, 15) is 9.18 Å². The van der Waals surface area contributed by atoms with Crippen LogP contribution in [-0.2, 0) is 15.3 Å². The van der Waals surface area contributed by atoms with Crippen LogP contribution in [0.15, 0.2) is 48.5 Å². The summed E-state index contributed by atoms with van der Waals surface area (Å²) in [5.41, 5.74) is 2.10. The molecule has 4 nitrogen and oxygen atoms in total. The Balaban J connectivity index is 1.53. The molecule has 2 aromatic carbocycles. The van der Waals surface area contributed by atoms with Crippen LogP contribution >= 0.6 is 11.6 Å². The van der Waals surface area contributed by atoms with Crippen molar-refractivity contribution in [2.24, 2.45) is 0 Å². The van der Waals surface area contributed by atoms with Crippen molar-refractivity contribution in [1.82, 2.24) is 4.98 Å². The zero-order valence-electron chi connectivity index (χ0n) is 13.9. The molecular weight excluding hydrogens is 357 g/mol. The van der Waals surface area contributed by atoms with E-state index in [1.54, 1.807) is 24.3 Å². The second-order valence-corrected chi connectivity index (χ2v) is 6.73. The molecule has 0 radical (unpaired) electrons. The lowest BCUT2D eigenvalue weighted by Crippen LogP contribution is -2.28. The Morgan fingerprint density at radius 2 is 1.85 bits per heavy atom. The predicted molar refractivity (Wildman–Crippen MR) is 96.9 cm³/mol. The first kappa shape index (κ1) is 17.2. The number of fused-ring (bicyclic) bond motifs is 1. The number of ether oxygens (including phenoxy) is 2. The van der Waals surface area contributed by atoms with E-state index >= 15 is 0 Å². The minimum absolute atomic E-state index is 0.0436. The summed E-state index contributed by atoms with van der Waals surface area (Å²) >= 11 is 5.99. The number of carbonyl (C=O) groups excluding carboxylic acids is 1. The normalized spacial score (nSPS) is 16.2. The third-order valence-electron chi connectivity index (χ3n) is 4.60. The van der Waals surface area contributed by atoms with Crippen molar-refractivity contribution in [1.29, 1.82) is 0 Å². The number of H-pyrrole nitrogens is 1. The molecule has 1 aliphatic rings. The monoisotopic (exact) mass is 373 g/mol. The molecule has 4 rings (SSSR count). The topological polar surface area (TPSA) is 51.3 Å². The van der Waals surface area contributed by atoms with Crippen LogP contribution in [0.4, 0.5) is 4.39 Å². The smallest absolute Gasteiger partial charge is 0.195 e. The molecule has 0 aliphatic carbocycles. The summed E-state index contributed by atoms with van der Waals surface area (Å²) in [5.74, 6) is -1.37. The Morgan fingerprint density at radius 1 is 1.12 bits per heavy atom. The highest BCUT2D eigenvalue weighted by Gasteiger charge is 2.38. The fourth-order valence-electron chi connectivity index (χ4n) is 3.28. The van der Waals surface area contributed by atoms with Crippen LogP contribution in [0.5, 0.6) is 0 Å². The second kappa shape index (κ2) is 6.83. The molecule has 1 saturated heterocycles. The van der Waals surface area contributed by atoms with Gasteiger partial charge in [-0.2, -0.15) is 0 Å². The number of hydrogen-bond acceptors (Lipinski definition) is 3. The van der Waals surface area contributed by atoms with Gasteiger partial charge < -0.3 is 14.5 Å². The molecule has 0 saturated carbocycles. The van der Waals surface area contributed by atoms with E-state index in [2.05, 4.69) is 4.98 Å². The fourth-order valence-corrected chi connectivity index (χ4v) is 3.46. The molecule has 2 heterocycles. The van der Waals surface area contributed by atoms with Gasteiger partial charge in [0.15, 0.2) is 11.6 Å². The lowest BCUT2D eigenvalue weighted by atomic mass is 9.98. The van der Waals surface area contributed by atoms with Crippen LogP contribution < -0.4 is 0 Å². The van der Waals surface area contributed by atoms with Gasteiger partial charge in [0.05, 0.1) is 18.9 Å². The molecule has 1 aromatic heterocycles. The van der Waals surface area contributed by atoms with Crippen molar-refractivity contribution >= 4 is 28.3 Å². The number of halogens is 2. The number of nitrogens with one attached hydrogen (secondary N) is 1. The number of rotatable bonds is 5. The van der Waals surface area contributed by atoms with Crippen LogP contribution in [0.1, 0.15) is 28.9 Å². The second-order valence-electron chi connectivity index (χ2n) is 6.29. The number of aromatic nitrogens is 1. The maximum absolute atomic E-state index is 13.2.